The topological polar surface area (TPSA) is 51.7 Å². The zero-order chi connectivity index (χ0) is 19.4. The first-order valence-electron chi connectivity index (χ1n) is 8.16. The van der Waals surface area contributed by atoms with Gasteiger partial charge < -0.3 is 14.4 Å². The summed E-state index contributed by atoms with van der Waals surface area (Å²) in [5, 5.41) is 0.116. The summed E-state index contributed by atoms with van der Waals surface area (Å²) in [5.74, 6) is -0.187. The Labute approximate surface area is 158 Å². The Kier molecular flexibility index (Phi) is 5.86. The molecule has 27 heavy (non-hydrogen) atoms. The summed E-state index contributed by atoms with van der Waals surface area (Å²) in [6, 6.07) is 7.83. The van der Waals surface area contributed by atoms with E-state index in [1.807, 2.05) is 0 Å². The van der Waals surface area contributed by atoms with Gasteiger partial charge in [0.25, 0.3) is 5.91 Å². The van der Waals surface area contributed by atoms with E-state index in [2.05, 4.69) is 4.98 Å². The SMILES string of the molecule is O=C(c1cccnc1Cl)N1CCOC(COc2cccc(C(F)(F)F)c2)C1. The maximum atomic E-state index is 12.8. The Hall–Kier alpha value is -2.32. The second-order valence-corrected chi connectivity index (χ2v) is 6.28. The lowest BCUT2D eigenvalue weighted by molar-refractivity contribution is -0.137. The number of nitrogens with zero attached hydrogens (tertiary/aromatic N) is 2. The fourth-order valence-corrected chi connectivity index (χ4v) is 2.87. The van der Waals surface area contributed by atoms with Crippen LogP contribution in [-0.2, 0) is 10.9 Å². The minimum absolute atomic E-state index is 0.0197. The van der Waals surface area contributed by atoms with Crippen LogP contribution in [0.25, 0.3) is 0 Å². The minimum atomic E-state index is -4.44. The van der Waals surface area contributed by atoms with Crippen LogP contribution in [0.15, 0.2) is 42.6 Å². The number of carbonyl (C=O) groups is 1. The largest absolute Gasteiger partial charge is 0.491 e. The number of amides is 1. The molecule has 9 heteroatoms. The van der Waals surface area contributed by atoms with Gasteiger partial charge in [0.05, 0.1) is 24.3 Å². The molecule has 1 unspecified atom stereocenters. The molecule has 1 aliphatic rings. The summed E-state index contributed by atoms with van der Waals surface area (Å²) in [5.41, 5.74) is -0.494. The third kappa shape index (κ3) is 4.90. The number of pyridine rings is 1. The van der Waals surface area contributed by atoms with E-state index < -0.39 is 17.8 Å². The highest BCUT2D eigenvalue weighted by Gasteiger charge is 2.31. The summed E-state index contributed by atoms with van der Waals surface area (Å²) in [4.78, 5) is 18.0. The molecule has 0 aliphatic carbocycles. The summed E-state index contributed by atoms with van der Waals surface area (Å²) in [6.07, 6.45) is -3.41. The van der Waals surface area contributed by atoms with Crippen molar-refractivity contribution in [2.24, 2.45) is 0 Å². The molecule has 3 rings (SSSR count). The van der Waals surface area contributed by atoms with Crippen molar-refractivity contribution in [1.82, 2.24) is 9.88 Å². The van der Waals surface area contributed by atoms with E-state index in [1.165, 1.54) is 18.3 Å². The van der Waals surface area contributed by atoms with E-state index in [0.717, 1.165) is 12.1 Å². The average Bonchev–Trinajstić information content (AvgIpc) is 2.66. The van der Waals surface area contributed by atoms with Gasteiger partial charge in [0.1, 0.15) is 23.6 Å². The molecule has 0 saturated carbocycles. The highest BCUT2D eigenvalue weighted by atomic mass is 35.5. The first-order valence-corrected chi connectivity index (χ1v) is 8.54. The molecule has 1 saturated heterocycles. The van der Waals surface area contributed by atoms with Gasteiger partial charge >= 0.3 is 6.18 Å². The smallest absolute Gasteiger partial charge is 0.416 e. The molecule has 5 nitrogen and oxygen atoms in total. The summed E-state index contributed by atoms with van der Waals surface area (Å²) >= 11 is 5.96. The van der Waals surface area contributed by atoms with Crippen LogP contribution in [0.2, 0.25) is 5.15 Å². The number of alkyl halides is 3. The number of ether oxygens (including phenoxy) is 2. The molecule has 1 amide bonds. The van der Waals surface area contributed by atoms with E-state index in [9.17, 15) is 18.0 Å². The van der Waals surface area contributed by atoms with Crippen molar-refractivity contribution < 1.29 is 27.4 Å². The first kappa shape index (κ1) is 19.4. The molecule has 0 N–H and O–H groups in total. The quantitative estimate of drug-likeness (QED) is 0.735. The van der Waals surface area contributed by atoms with Crippen LogP contribution in [0, 0.1) is 0 Å². The van der Waals surface area contributed by atoms with Gasteiger partial charge in [0, 0.05) is 12.7 Å². The Bertz CT molecular complexity index is 816. The summed E-state index contributed by atoms with van der Waals surface area (Å²) < 4.78 is 49.3. The van der Waals surface area contributed by atoms with E-state index in [4.69, 9.17) is 21.1 Å². The minimum Gasteiger partial charge on any atom is -0.491 e. The van der Waals surface area contributed by atoms with Crippen molar-refractivity contribution in [1.29, 1.82) is 0 Å². The Morgan fingerprint density at radius 2 is 2.15 bits per heavy atom. The van der Waals surface area contributed by atoms with Crippen molar-refractivity contribution in [2.75, 3.05) is 26.3 Å². The number of hydrogen-bond acceptors (Lipinski definition) is 4. The summed E-state index contributed by atoms with van der Waals surface area (Å²) in [6.45, 7) is 0.930. The molecule has 144 valence electrons. The van der Waals surface area contributed by atoms with Crippen LogP contribution < -0.4 is 4.74 Å². The fourth-order valence-electron chi connectivity index (χ4n) is 2.67. The van der Waals surface area contributed by atoms with E-state index in [-0.39, 0.29) is 30.0 Å². The number of carbonyl (C=O) groups excluding carboxylic acids is 1. The average molecular weight is 401 g/mol. The van der Waals surface area contributed by atoms with E-state index >= 15 is 0 Å². The van der Waals surface area contributed by atoms with Crippen LogP contribution in [-0.4, -0.2) is 48.2 Å². The second kappa shape index (κ2) is 8.14. The molecule has 2 heterocycles. The highest BCUT2D eigenvalue weighted by molar-refractivity contribution is 6.32. The number of hydrogen-bond donors (Lipinski definition) is 0. The number of rotatable bonds is 4. The lowest BCUT2D eigenvalue weighted by atomic mass is 10.2. The number of halogens is 4. The molecular weight excluding hydrogens is 385 g/mol. The number of morpholine rings is 1. The monoisotopic (exact) mass is 400 g/mol. The standard InChI is InChI=1S/C18H16ClF3N2O3/c19-16-15(5-2-6-23-16)17(25)24-7-8-26-14(10-24)11-27-13-4-1-3-12(9-13)18(20,21)22/h1-6,9,14H,7-8,10-11H2. The number of benzene rings is 1. The van der Waals surface area contributed by atoms with Gasteiger partial charge in [-0.15, -0.1) is 0 Å². The van der Waals surface area contributed by atoms with Crippen LogP contribution in [0.1, 0.15) is 15.9 Å². The van der Waals surface area contributed by atoms with Gasteiger partial charge in [-0.2, -0.15) is 13.2 Å². The molecule has 0 spiro atoms. The normalized spacial score (nSPS) is 17.6. The van der Waals surface area contributed by atoms with Gasteiger partial charge in [-0.1, -0.05) is 17.7 Å². The zero-order valence-corrected chi connectivity index (χ0v) is 14.8. The zero-order valence-electron chi connectivity index (χ0n) is 14.1. The van der Waals surface area contributed by atoms with Crippen molar-refractivity contribution in [2.45, 2.75) is 12.3 Å². The molecule has 2 aromatic rings. The fraction of sp³-hybridized carbons (Fsp3) is 0.333. The Morgan fingerprint density at radius 3 is 2.89 bits per heavy atom. The third-order valence-electron chi connectivity index (χ3n) is 4.01. The second-order valence-electron chi connectivity index (χ2n) is 5.92. The molecule has 0 bridgehead atoms. The molecule has 1 aromatic heterocycles. The van der Waals surface area contributed by atoms with Gasteiger partial charge in [0.2, 0.25) is 0 Å². The van der Waals surface area contributed by atoms with Crippen molar-refractivity contribution >= 4 is 17.5 Å². The third-order valence-corrected chi connectivity index (χ3v) is 4.31. The number of aromatic nitrogens is 1. The molecule has 1 aliphatic heterocycles. The van der Waals surface area contributed by atoms with Crippen LogP contribution in [0.4, 0.5) is 13.2 Å². The van der Waals surface area contributed by atoms with Crippen LogP contribution in [0.3, 0.4) is 0 Å². The molecule has 1 aromatic carbocycles. The van der Waals surface area contributed by atoms with Crippen LogP contribution >= 0.6 is 11.6 Å². The van der Waals surface area contributed by atoms with Crippen molar-refractivity contribution in [3.63, 3.8) is 0 Å². The molecule has 0 radical (unpaired) electrons. The maximum absolute atomic E-state index is 12.8. The van der Waals surface area contributed by atoms with Gasteiger partial charge in [-0.05, 0) is 30.3 Å². The summed E-state index contributed by atoms with van der Waals surface area (Å²) in [7, 11) is 0. The van der Waals surface area contributed by atoms with Gasteiger partial charge in [-0.3, -0.25) is 4.79 Å². The first-order chi connectivity index (χ1) is 12.8. The van der Waals surface area contributed by atoms with Gasteiger partial charge in [0.15, 0.2) is 0 Å². The lowest BCUT2D eigenvalue weighted by Gasteiger charge is -2.33. The van der Waals surface area contributed by atoms with Crippen molar-refractivity contribution in [3.8, 4) is 5.75 Å². The molecular formula is C18H16ClF3N2O3. The highest BCUT2D eigenvalue weighted by Crippen LogP contribution is 2.31. The predicted octanol–water partition coefficient (Wildman–Crippen LogP) is 3.67. The predicted molar refractivity (Wildman–Crippen MR) is 91.8 cm³/mol. The van der Waals surface area contributed by atoms with E-state index in [0.29, 0.717) is 18.7 Å². The molecule has 1 atom stereocenters. The lowest BCUT2D eigenvalue weighted by Crippen LogP contribution is -2.47. The van der Waals surface area contributed by atoms with Crippen LogP contribution in [0.5, 0.6) is 5.75 Å². The van der Waals surface area contributed by atoms with Gasteiger partial charge in [-0.25, -0.2) is 4.98 Å². The Balaban J connectivity index is 1.61. The van der Waals surface area contributed by atoms with Crippen molar-refractivity contribution in [3.05, 3.63) is 58.9 Å². The maximum Gasteiger partial charge on any atom is 0.416 e. The Morgan fingerprint density at radius 1 is 1.33 bits per heavy atom. The molecule has 1 fully saturated rings. The van der Waals surface area contributed by atoms with E-state index in [1.54, 1.807) is 17.0 Å².